The number of para-hydroxylation sites is 1. The Morgan fingerprint density at radius 3 is 2.65 bits per heavy atom. The summed E-state index contributed by atoms with van der Waals surface area (Å²) in [6.45, 7) is -0.217. The fourth-order valence-corrected chi connectivity index (χ4v) is 3.04. The van der Waals surface area contributed by atoms with Crippen molar-refractivity contribution in [3.05, 3.63) is 64.0 Å². The van der Waals surface area contributed by atoms with Gasteiger partial charge in [0.25, 0.3) is 17.1 Å². The molecule has 1 saturated heterocycles. The summed E-state index contributed by atoms with van der Waals surface area (Å²) in [4.78, 5) is 35.2. The minimum atomic E-state index is -0.479. The summed E-state index contributed by atoms with van der Waals surface area (Å²) in [6.07, 6.45) is 1.50. The molecule has 1 aliphatic heterocycles. The first-order valence-corrected chi connectivity index (χ1v) is 8.73. The first kappa shape index (κ1) is 18.0. The number of carbonyl (C=O) groups excluding carboxylic acids is 3. The van der Waals surface area contributed by atoms with Gasteiger partial charge in [0, 0.05) is 16.3 Å². The van der Waals surface area contributed by atoms with E-state index in [1.807, 2.05) is 18.2 Å². The van der Waals surface area contributed by atoms with Crippen LogP contribution in [0.5, 0.6) is 5.75 Å². The van der Waals surface area contributed by atoms with Crippen molar-refractivity contribution in [2.75, 3.05) is 11.9 Å². The van der Waals surface area contributed by atoms with E-state index in [1.165, 1.54) is 6.08 Å². The van der Waals surface area contributed by atoms with Gasteiger partial charge in [-0.3, -0.25) is 19.7 Å². The Morgan fingerprint density at radius 1 is 1.19 bits per heavy atom. The lowest BCUT2D eigenvalue weighted by molar-refractivity contribution is -0.118. The average molecular weight is 389 g/mol. The Balaban J connectivity index is 1.72. The van der Waals surface area contributed by atoms with Gasteiger partial charge in [0.2, 0.25) is 0 Å². The second-order valence-corrected chi connectivity index (χ2v) is 6.69. The van der Waals surface area contributed by atoms with Crippen LogP contribution >= 0.6 is 23.4 Å². The van der Waals surface area contributed by atoms with Gasteiger partial charge in [-0.2, -0.15) is 0 Å². The van der Waals surface area contributed by atoms with Crippen LogP contribution in [-0.4, -0.2) is 23.7 Å². The van der Waals surface area contributed by atoms with Crippen LogP contribution in [0.25, 0.3) is 6.08 Å². The van der Waals surface area contributed by atoms with E-state index < -0.39 is 11.1 Å². The number of carbonyl (C=O) groups is 3. The molecule has 0 unspecified atom stereocenters. The van der Waals surface area contributed by atoms with Crippen molar-refractivity contribution in [1.82, 2.24) is 5.32 Å². The van der Waals surface area contributed by atoms with Crippen molar-refractivity contribution in [1.29, 1.82) is 0 Å². The molecule has 6 nitrogen and oxygen atoms in total. The van der Waals surface area contributed by atoms with Crippen LogP contribution in [0.2, 0.25) is 5.02 Å². The number of hydrogen-bond acceptors (Lipinski definition) is 5. The van der Waals surface area contributed by atoms with Crippen LogP contribution in [0.1, 0.15) is 5.56 Å². The lowest BCUT2D eigenvalue weighted by Crippen LogP contribution is -2.20. The SMILES string of the molecule is O=C(COc1ccc(Cl)cc1C=C1SC(=O)NC1=O)Nc1ccccc1. The molecule has 0 radical (unpaired) electrons. The Kier molecular flexibility index (Phi) is 5.60. The van der Waals surface area contributed by atoms with Gasteiger partial charge in [-0.1, -0.05) is 29.8 Å². The molecule has 1 aliphatic rings. The Bertz CT molecular complexity index is 899. The molecule has 0 aliphatic carbocycles. The maximum Gasteiger partial charge on any atom is 0.290 e. The molecule has 1 heterocycles. The van der Waals surface area contributed by atoms with Gasteiger partial charge < -0.3 is 10.1 Å². The topological polar surface area (TPSA) is 84.5 Å². The maximum absolute atomic E-state index is 12.0. The first-order valence-electron chi connectivity index (χ1n) is 7.53. The van der Waals surface area contributed by atoms with Crippen LogP contribution in [0, 0.1) is 0 Å². The zero-order valence-corrected chi connectivity index (χ0v) is 14.9. The molecule has 2 N–H and O–H groups in total. The van der Waals surface area contributed by atoms with Gasteiger partial charge in [0.15, 0.2) is 6.61 Å². The third kappa shape index (κ3) is 4.65. The summed E-state index contributed by atoms with van der Waals surface area (Å²) < 4.78 is 5.56. The largest absolute Gasteiger partial charge is 0.483 e. The number of amides is 3. The van der Waals surface area contributed by atoms with Crippen LogP contribution in [0.15, 0.2) is 53.4 Å². The van der Waals surface area contributed by atoms with Gasteiger partial charge in [-0.25, -0.2) is 0 Å². The van der Waals surface area contributed by atoms with Crippen molar-refractivity contribution < 1.29 is 19.1 Å². The van der Waals surface area contributed by atoms with E-state index in [0.29, 0.717) is 22.0 Å². The number of thioether (sulfide) groups is 1. The lowest BCUT2D eigenvalue weighted by Gasteiger charge is -2.10. The van der Waals surface area contributed by atoms with Crippen LogP contribution in [0.3, 0.4) is 0 Å². The number of rotatable bonds is 5. The van der Waals surface area contributed by atoms with Crippen molar-refractivity contribution in [2.24, 2.45) is 0 Å². The zero-order chi connectivity index (χ0) is 18.5. The Morgan fingerprint density at radius 2 is 1.96 bits per heavy atom. The summed E-state index contributed by atoms with van der Waals surface area (Å²) in [5.41, 5.74) is 1.16. The normalized spacial score (nSPS) is 15.0. The highest BCUT2D eigenvalue weighted by atomic mass is 35.5. The highest BCUT2D eigenvalue weighted by Crippen LogP contribution is 2.30. The molecular weight excluding hydrogens is 376 g/mol. The minimum Gasteiger partial charge on any atom is -0.483 e. The minimum absolute atomic E-state index is 0.217. The zero-order valence-electron chi connectivity index (χ0n) is 13.3. The van der Waals surface area contributed by atoms with Gasteiger partial charge >= 0.3 is 0 Å². The number of benzene rings is 2. The van der Waals surface area contributed by atoms with E-state index in [-0.39, 0.29) is 17.4 Å². The standard InChI is InChI=1S/C18H13ClN2O4S/c19-12-6-7-14(11(8-12)9-15-17(23)21-18(24)26-15)25-10-16(22)20-13-4-2-1-3-5-13/h1-9H,10H2,(H,20,22)(H,21,23,24). The quantitative estimate of drug-likeness (QED) is 0.763. The third-order valence-corrected chi connectivity index (χ3v) is 4.36. The molecule has 0 saturated carbocycles. The van der Waals surface area contributed by atoms with Crippen molar-refractivity contribution in [3.8, 4) is 5.75 Å². The van der Waals surface area contributed by atoms with Crippen LogP contribution in [-0.2, 0) is 9.59 Å². The highest BCUT2D eigenvalue weighted by Gasteiger charge is 2.25. The fraction of sp³-hybridized carbons (Fsp3) is 0.0556. The molecule has 8 heteroatoms. The van der Waals surface area contributed by atoms with Crippen LogP contribution in [0.4, 0.5) is 10.5 Å². The average Bonchev–Trinajstić information content (AvgIpc) is 2.92. The van der Waals surface area contributed by atoms with E-state index in [0.717, 1.165) is 11.8 Å². The van der Waals surface area contributed by atoms with Gasteiger partial charge in [0.1, 0.15) is 5.75 Å². The summed E-state index contributed by atoms with van der Waals surface area (Å²) >= 11 is 6.79. The molecule has 0 spiro atoms. The number of imide groups is 1. The fourth-order valence-electron chi connectivity index (χ4n) is 2.19. The Hall–Kier alpha value is -2.77. The van der Waals surface area contributed by atoms with E-state index in [9.17, 15) is 14.4 Å². The van der Waals surface area contributed by atoms with Gasteiger partial charge in [-0.05, 0) is 48.2 Å². The van der Waals surface area contributed by atoms with E-state index in [1.54, 1.807) is 30.3 Å². The van der Waals surface area contributed by atoms with Crippen molar-refractivity contribution >= 4 is 52.2 Å². The van der Waals surface area contributed by atoms with Gasteiger partial charge in [-0.15, -0.1) is 0 Å². The lowest BCUT2D eigenvalue weighted by atomic mass is 10.2. The molecule has 0 aromatic heterocycles. The summed E-state index contributed by atoms with van der Waals surface area (Å²) in [6, 6.07) is 13.8. The van der Waals surface area contributed by atoms with E-state index in [4.69, 9.17) is 16.3 Å². The third-order valence-electron chi connectivity index (χ3n) is 3.32. The van der Waals surface area contributed by atoms with Crippen molar-refractivity contribution in [3.63, 3.8) is 0 Å². The maximum atomic E-state index is 12.0. The first-order chi connectivity index (χ1) is 12.5. The van der Waals surface area contributed by atoms with Gasteiger partial charge in [0.05, 0.1) is 4.91 Å². The molecule has 132 valence electrons. The highest BCUT2D eigenvalue weighted by molar-refractivity contribution is 8.18. The molecule has 3 rings (SSSR count). The monoisotopic (exact) mass is 388 g/mol. The van der Waals surface area contributed by atoms with Crippen LogP contribution < -0.4 is 15.4 Å². The molecule has 0 bridgehead atoms. The number of nitrogens with one attached hydrogen (secondary N) is 2. The molecule has 26 heavy (non-hydrogen) atoms. The Labute approximate surface area is 158 Å². The number of halogens is 1. The second-order valence-electron chi connectivity index (χ2n) is 5.24. The summed E-state index contributed by atoms with van der Waals surface area (Å²) in [7, 11) is 0. The molecule has 2 aromatic carbocycles. The summed E-state index contributed by atoms with van der Waals surface area (Å²) in [5.74, 6) is -0.432. The van der Waals surface area contributed by atoms with E-state index in [2.05, 4.69) is 10.6 Å². The number of hydrogen-bond donors (Lipinski definition) is 2. The number of anilines is 1. The summed E-state index contributed by atoms with van der Waals surface area (Å²) in [5, 5.41) is 4.89. The molecular formula is C18H13ClN2O4S. The molecule has 2 aromatic rings. The molecule has 0 atom stereocenters. The van der Waals surface area contributed by atoms with E-state index >= 15 is 0 Å². The predicted molar refractivity (Wildman–Crippen MR) is 101 cm³/mol. The molecule has 3 amide bonds. The molecule has 1 fully saturated rings. The number of ether oxygens (including phenoxy) is 1. The predicted octanol–water partition coefficient (Wildman–Crippen LogP) is 3.68. The van der Waals surface area contributed by atoms with Crippen molar-refractivity contribution in [2.45, 2.75) is 0 Å². The smallest absolute Gasteiger partial charge is 0.290 e. The second kappa shape index (κ2) is 8.07.